The lowest BCUT2D eigenvalue weighted by Gasteiger charge is -2.03. The summed E-state index contributed by atoms with van der Waals surface area (Å²) >= 11 is 1.59. The van der Waals surface area contributed by atoms with Gasteiger partial charge in [-0.05, 0) is 13.8 Å². The van der Waals surface area contributed by atoms with E-state index >= 15 is 0 Å². The molecule has 0 aliphatic heterocycles. The van der Waals surface area contributed by atoms with E-state index in [9.17, 15) is 4.79 Å². The Hall–Kier alpha value is -2.22. The van der Waals surface area contributed by atoms with Crippen LogP contribution in [0.3, 0.4) is 0 Å². The van der Waals surface area contributed by atoms with Gasteiger partial charge in [0.25, 0.3) is 5.56 Å². The number of thiazole rings is 1. The van der Waals surface area contributed by atoms with Gasteiger partial charge in [0.1, 0.15) is 5.82 Å². The molecule has 8 heteroatoms. The first kappa shape index (κ1) is 13.7. The minimum absolute atomic E-state index is 0.112. The van der Waals surface area contributed by atoms with Gasteiger partial charge in [0.05, 0.1) is 10.4 Å². The van der Waals surface area contributed by atoms with Gasteiger partial charge in [-0.2, -0.15) is 5.10 Å². The average molecular weight is 304 g/mol. The Labute approximate surface area is 125 Å². The first-order valence-corrected chi connectivity index (χ1v) is 7.45. The van der Waals surface area contributed by atoms with Crippen LogP contribution in [0.5, 0.6) is 0 Å². The fraction of sp³-hybridized carbons (Fsp3) is 0.385. The lowest BCUT2D eigenvalue weighted by molar-refractivity contribution is 0.774. The van der Waals surface area contributed by atoms with Crippen LogP contribution in [-0.4, -0.2) is 31.3 Å². The minimum Gasteiger partial charge on any atom is -0.361 e. The largest absolute Gasteiger partial charge is 0.361 e. The zero-order valence-electron chi connectivity index (χ0n) is 12.1. The van der Waals surface area contributed by atoms with Gasteiger partial charge >= 0.3 is 0 Å². The summed E-state index contributed by atoms with van der Waals surface area (Å²) in [7, 11) is 1.89. The quantitative estimate of drug-likeness (QED) is 0.760. The summed E-state index contributed by atoms with van der Waals surface area (Å²) in [6.45, 7) is 4.44. The van der Waals surface area contributed by atoms with E-state index in [4.69, 9.17) is 0 Å². The molecule has 2 N–H and O–H groups in total. The normalized spacial score (nSPS) is 11.2. The molecule has 3 aromatic rings. The van der Waals surface area contributed by atoms with Crippen molar-refractivity contribution in [3.63, 3.8) is 0 Å². The summed E-state index contributed by atoms with van der Waals surface area (Å²) in [5.41, 5.74) is 2.55. The lowest BCUT2D eigenvalue weighted by atomic mass is 10.3. The topological polar surface area (TPSA) is 88.5 Å². The van der Waals surface area contributed by atoms with Crippen molar-refractivity contribution in [2.24, 2.45) is 7.05 Å². The van der Waals surface area contributed by atoms with E-state index in [1.165, 1.54) is 6.07 Å². The van der Waals surface area contributed by atoms with Crippen LogP contribution in [-0.2, 0) is 13.5 Å². The van der Waals surface area contributed by atoms with Crippen molar-refractivity contribution in [1.29, 1.82) is 0 Å². The first-order chi connectivity index (χ1) is 10.0. The second-order valence-electron chi connectivity index (χ2n) is 4.88. The zero-order valence-corrected chi connectivity index (χ0v) is 12.9. The highest BCUT2D eigenvalue weighted by Crippen LogP contribution is 2.27. The third-order valence-corrected chi connectivity index (χ3v) is 4.23. The molecule has 7 nitrogen and oxygen atoms in total. The predicted molar refractivity (Wildman–Crippen MR) is 82.9 cm³/mol. The number of anilines is 1. The van der Waals surface area contributed by atoms with Gasteiger partial charge in [-0.25, -0.2) is 14.6 Å². The number of H-pyrrole nitrogens is 1. The lowest BCUT2D eigenvalue weighted by Crippen LogP contribution is -2.13. The Kier molecular flexibility index (Phi) is 3.46. The molecule has 0 aromatic carbocycles. The molecule has 0 bridgehead atoms. The van der Waals surface area contributed by atoms with Gasteiger partial charge in [-0.1, -0.05) is 11.3 Å². The summed E-state index contributed by atoms with van der Waals surface area (Å²) in [6, 6.07) is 1.53. The molecule has 0 aliphatic carbocycles. The number of fused-ring (bicyclic) bond motifs is 1. The number of nitrogens with one attached hydrogen (secondary N) is 2. The highest BCUT2D eigenvalue weighted by molar-refractivity contribution is 7.22. The van der Waals surface area contributed by atoms with Crippen molar-refractivity contribution in [3.8, 4) is 0 Å². The molecular weight excluding hydrogens is 288 g/mol. The number of hydrogen-bond acceptors (Lipinski definition) is 6. The molecule has 0 saturated heterocycles. The number of hydrogen-bond donors (Lipinski definition) is 2. The molecule has 0 spiro atoms. The van der Waals surface area contributed by atoms with E-state index in [1.807, 2.05) is 14.0 Å². The van der Waals surface area contributed by atoms with Crippen LogP contribution in [0.2, 0.25) is 0 Å². The van der Waals surface area contributed by atoms with Gasteiger partial charge in [-0.15, -0.1) is 0 Å². The Morgan fingerprint density at radius 2 is 2.19 bits per heavy atom. The molecule has 0 atom stereocenters. The van der Waals surface area contributed by atoms with Crippen molar-refractivity contribution < 1.29 is 0 Å². The van der Waals surface area contributed by atoms with E-state index in [0.717, 1.165) is 26.9 Å². The van der Waals surface area contributed by atoms with Gasteiger partial charge in [0.2, 0.25) is 0 Å². The standard InChI is InChI=1S/C13H16N6OS/c1-7-11-12(19(3)18-7)17-13(21-11)14-5-4-9-6-10(20)16-8(2)15-9/h6H,4-5H2,1-3H3,(H,14,17)(H,15,16,20). The summed E-state index contributed by atoms with van der Waals surface area (Å²) in [5, 5.41) is 8.47. The number of rotatable bonds is 4. The highest BCUT2D eigenvalue weighted by Gasteiger charge is 2.11. The van der Waals surface area contributed by atoms with E-state index < -0.39 is 0 Å². The Morgan fingerprint density at radius 1 is 1.38 bits per heavy atom. The van der Waals surface area contributed by atoms with E-state index in [2.05, 4.69) is 25.4 Å². The Bertz CT molecular complexity index is 812. The van der Waals surface area contributed by atoms with Crippen molar-refractivity contribution >= 4 is 26.8 Å². The maximum Gasteiger partial charge on any atom is 0.251 e. The van der Waals surface area contributed by atoms with Crippen LogP contribution >= 0.6 is 11.3 Å². The van der Waals surface area contributed by atoms with Crippen molar-refractivity contribution in [1.82, 2.24) is 24.7 Å². The summed E-state index contributed by atoms with van der Waals surface area (Å²) in [5.74, 6) is 0.638. The molecule has 21 heavy (non-hydrogen) atoms. The third kappa shape index (κ3) is 2.80. The van der Waals surface area contributed by atoms with E-state index in [-0.39, 0.29) is 5.56 Å². The Balaban J connectivity index is 1.69. The minimum atomic E-state index is -0.112. The maximum atomic E-state index is 11.4. The van der Waals surface area contributed by atoms with Gasteiger partial charge < -0.3 is 10.3 Å². The molecule has 3 heterocycles. The molecular formula is C13H16N6OS. The third-order valence-electron chi connectivity index (χ3n) is 3.11. The van der Waals surface area contributed by atoms with Gasteiger partial charge in [0, 0.05) is 31.8 Å². The van der Waals surface area contributed by atoms with Crippen LogP contribution in [0.1, 0.15) is 17.2 Å². The number of aromatic amines is 1. The smallest absolute Gasteiger partial charge is 0.251 e. The fourth-order valence-corrected chi connectivity index (χ4v) is 3.18. The Morgan fingerprint density at radius 3 is 2.90 bits per heavy atom. The molecule has 3 aromatic heterocycles. The predicted octanol–water partition coefficient (Wildman–Crippen LogP) is 1.38. The highest BCUT2D eigenvalue weighted by atomic mass is 32.1. The molecule has 110 valence electrons. The summed E-state index contributed by atoms with van der Waals surface area (Å²) in [4.78, 5) is 22.8. The van der Waals surface area contributed by atoms with E-state index in [1.54, 1.807) is 22.9 Å². The van der Waals surface area contributed by atoms with Gasteiger partial charge in [0.15, 0.2) is 10.8 Å². The average Bonchev–Trinajstić information content (AvgIpc) is 2.91. The van der Waals surface area contributed by atoms with Crippen LogP contribution in [0.4, 0.5) is 5.13 Å². The fourth-order valence-electron chi connectivity index (χ4n) is 2.23. The molecule has 0 radical (unpaired) electrons. The van der Waals surface area contributed by atoms with Crippen LogP contribution in [0.25, 0.3) is 10.3 Å². The van der Waals surface area contributed by atoms with Crippen molar-refractivity contribution in [2.45, 2.75) is 20.3 Å². The molecule has 0 fully saturated rings. The second-order valence-corrected chi connectivity index (χ2v) is 5.88. The monoisotopic (exact) mass is 304 g/mol. The van der Waals surface area contributed by atoms with Crippen LogP contribution in [0.15, 0.2) is 10.9 Å². The molecule has 0 saturated carbocycles. The molecule has 0 amide bonds. The number of nitrogens with zero attached hydrogens (tertiary/aromatic N) is 4. The molecule has 3 rings (SSSR count). The summed E-state index contributed by atoms with van der Waals surface area (Å²) < 4.78 is 2.89. The number of aromatic nitrogens is 5. The van der Waals surface area contributed by atoms with Crippen molar-refractivity contribution in [3.05, 3.63) is 33.6 Å². The molecule has 0 unspecified atom stereocenters. The van der Waals surface area contributed by atoms with Crippen LogP contribution in [0, 0.1) is 13.8 Å². The number of aryl methyl sites for hydroxylation is 3. The zero-order chi connectivity index (χ0) is 15.0. The summed E-state index contributed by atoms with van der Waals surface area (Å²) in [6.07, 6.45) is 0.678. The van der Waals surface area contributed by atoms with Gasteiger partial charge in [-0.3, -0.25) is 4.79 Å². The second kappa shape index (κ2) is 5.28. The maximum absolute atomic E-state index is 11.4. The SMILES string of the molecule is Cc1nc(CCNc2nc3c(s2)c(C)nn3C)cc(=O)[nH]1. The molecule has 0 aliphatic rings. The van der Waals surface area contributed by atoms with Crippen molar-refractivity contribution in [2.75, 3.05) is 11.9 Å². The van der Waals surface area contributed by atoms with Crippen LogP contribution < -0.4 is 10.9 Å². The van der Waals surface area contributed by atoms with E-state index in [0.29, 0.717) is 18.8 Å². The first-order valence-electron chi connectivity index (χ1n) is 6.64.